The predicted octanol–water partition coefficient (Wildman–Crippen LogP) is 3.03. The fourth-order valence-electron chi connectivity index (χ4n) is 1.71. The van der Waals surface area contributed by atoms with Crippen LogP contribution in [0.2, 0.25) is 0 Å². The van der Waals surface area contributed by atoms with E-state index in [-0.39, 0.29) is 12.5 Å². The lowest BCUT2D eigenvalue weighted by Crippen LogP contribution is -2.05. The van der Waals surface area contributed by atoms with Gasteiger partial charge in [0, 0.05) is 0 Å². The van der Waals surface area contributed by atoms with Crippen LogP contribution < -0.4 is 0 Å². The van der Waals surface area contributed by atoms with E-state index in [9.17, 15) is 4.79 Å². The fraction of sp³-hybridized carbons (Fsp3) is 0.0667. The van der Waals surface area contributed by atoms with E-state index in [0.29, 0.717) is 17.0 Å². The van der Waals surface area contributed by atoms with Gasteiger partial charge in [-0.1, -0.05) is 11.2 Å². The Kier molecular flexibility index (Phi) is 3.94. The molecule has 0 amide bonds. The van der Waals surface area contributed by atoms with E-state index in [1.165, 1.54) is 23.5 Å². The van der Waals surface area contributed by atoms with Crippen molar-refractivity contribution in [1.29, 1.82) is 5.26 Å². The zero-order chi connectivity index (χ0) is 15.4. The molecule has 0 fully saturated rings. The van der Waals surface area contributed by atoms with E-state index in [2.05, 4.69) is 10.1 Å². The number of esters is 1. The lowest BCUT2D eigenvalue weighted by molar-refractivity contribution is 0.0430. The quantitative estimate of drug-likeness (QED) is 0.688. The van der Waals surface area contributed by atoms with Gasteiger partial charge < -0.3 is 9.26 Å². The molecular formula is C15H9N3O3S. The Bertz CT molecular complexity index is 817. The lowest BCUT2D eigenvalue weighted by Gasteiger charge is -2.01. The van der Waals surface area contributed by atoms with Gasteiger partial charge in [-0.3, -0.25) is 0 Å². The van der Waals surface area contributed by atoms with Crippen LogP contribution in [0.4, 0.5) is 0 Å². The number of ether oxygens (including phenoxy) is 1. The molecule has 6 nitrogen and oxygen atoms in total. The maximum absolute atomic E-state index is 11.9. The number of hydrogen-bond acceptors (Lipinski definition) is 7. The maximum atomic E-state index is 11.9. The first-order valence-corrected chi connectivity index (χ1v) is 7.18. The Labute approximate surface area is 129 Å². The molecule has 0 saturated carbocycles. The van der Waals surface area contributed by atoms with Gasteiger partial charge in [0.2, 0.25) is 5.82 Å². The van der Waals surface area contributed by atoms with Crippen molar-refractivity contribution < 1.29 is 14.1 Å². The van der Waals surface area contributed by atoms with Gasteiger partial charge in [-0.25, -0.2) is 4.79 Å². The van der Waals surface area contributed by atoms with Crippen LogP contribution in [0, 0.1) is 11.3 Å². The molecule has 7 heteroatoms. The molecule has 0 aliphatic carbocycles. The van der Waals surface area contributed by atoms with Crippen molar-refractivity contribution in [1.82, 2.24) is 10.1 Å². The summed E-state index contributed by atoms with van der Waals surface area (Å²) in [5.74, 6) is 0.185. The molecule has 0 unspecified atom stereocenters. The van der Waals surface area contributed by atoms with E-state index in [1.54, 1.807) is 12.1 Å². The van der Waals surface area contributed by atoms with Gasteiger partial charge in [0.05, 0.1) is 22.1 Å². The first-order chi connectivity index (χ1) is 10.8. The van der Waals surface area contributed by atoms with Gasteiger partial charge in [0.25, 0.3) is 5.89 Å². The zero-order valence-electron chi connectivity index (χ0n) is 11.2. The van der Waals surface area contributed by atoms with Gasteiger partial charge in [0.1, 0.15) is 0 Å². The highest BCUT2D eigenvalue weighted by Crippen LogP contribution is 2.21. The van der Waals surface area contributed by atoms with Gasteiger partial charge in [-0.15, -0.1) is 11.3 Å². The number of rotatable bonds is 4. The number of carbonyl (C=O) groups is 1. The summed E-state index contributed by atoms with van der Waals surface area (Å²) < 4.78 is 10.1. The largest absolute Gasteiger partial charge is 0.452 e. The summed E-state index contributed by atoms with van der Waals surface area (Å²) in [7, 11) is 0. The Morgan fingerprint density at radius 1 is 1.32 bits per heavy atom. The second kappa shape index (κ2) is 6.20. The monoisotopic (exact) mass is 311 g/mol. The molecule has 0 N–H and O–H groups in total. The van der Waals surface area contributed by atoms with E-state index in [4.69, 9.17) is 14.5 Å². The smallest absolute Gasteiger partial charge is 0.338 e. The molecule has 3 rings (SSSR count). The number of hydrogen-bond donors (Lipinski definition) is 0. The maximum Gasteiger partial charge on any atom is 0.338 e. The summed E-state index contributed by atoms with van der Waals surface area (Å²) in [5, 5.41) is 14.4. The predicted molar refractivity (Wildman–Crippen MR) is 77.9 cm³/mol. The molecule has 0 spiro atoms. The van der Waals surface area contributed by atoms with E-state index < -0.39 is 5.97 Å². The third-order valence-electron chi connectivity index (χ3n) is 2.79. The van der Waals surface area contributed by atoms with Crippen LogP contribution in [0.15, 0.2) is 46.3 Å². The Morgan fingerprint density at radius 3 is 2.82 bits per heavy atom. The summed E-state index contributed by atoms with van der Waals surface area (Å²) in [6.45, 7) is -0.1000. The molecule has 0 saturated heterocycles. The molecule has 0 aliphatic rings. The fourth-order valence-corrected chi connectivity index (χ4v) is 2.36. The lowest BCUT2D eigenvalue weighted by atomic mass is 10.1. The van der Waals surface area contributed by atoms with Crippen molar-refractivity contribution in [2.24, 2.45) is 0 Å². The zero-order valence-corrected chi connectivity index (χ0v) is 12.0. The SMILES string of the molecule is N#Cc1ccc(C(=O)OCc2nc(-c3cccs3)no2)cc1. The molecule has 0 aliphatic heterocycles. The highest BCUT2D eigenvalue weighted by Gasteiger charge is 2.12. The normalized spacial score (nSPS) is 10.1. The van der Waals surface area contributed by atoms with Crippen molar-refractivity contribution in [2.75, 3.05) is 0 Å². The van der Waals surface area contributed by atoms with E-state index in [0.717, 1.165) is 4.88 Å². The average Bonchev–Trinajstić information content (AvgIpc) is 3.23. The van der Waals surface area contributed by atoms with Gasteiger partial charge in [-0.2, -0.15) is 10.2 Å². The van der Waals surface area contributed by atoms with Crippen LogP contribution in [0.25, 0.3) is 10.7 Å². The first-order valence-electron chi connectivity index (χ1n) is 6.30. The van der Waals surface area contributed by atoms with Crippen LogP contribution in [0.3, 0.4) is 0 Å². The number of nitrogens with zero attached hydrogens (tertiary/aromatic N) is 3. The van der Waals surface area contributed by atoms with Crippen LogP contribution in [-0.2, 0) is 11.3 Å². The second-order valence-corrected chi connectivity index (χ2v) is 5.20. The molecular weight excluding hydrogens is 302 g/mol. The van der Waals surface area contributed by atoms with Crippen LogP contribution in [0.1, 0.15) is 21.8 Å². The molecule has 2 aromatic heterocycles. The van der Waals surface area contributed by atoms with Gasteiger partial charge in [0.15, 0.2) is 6.61 Å². The number of aromatic nitrogens is 2. The number of benzene rings is 1. The molecule has 22 heavy (non-hydrogen) atoms. The van der Waals surface area contributed by atoms with Crippen molar-refractivity contribution in [3.63, 3.8) is 0 Å². The number of nitriles is 1. The van der Waals surface area contributed by atoms with Crippen molar-refractivity contribution in [3.05, 3.63) is 58.8 Å². The Hall–Kier alpha value is -2.98. The summed E-state index contributed by atoms with van der Waals surface area (Å²) >= 11 is 1.49. The van der Waals surface area contributed by atoms with Crippen LogP contribution >= 0.6 is 11.3 Å². The summed E-state index contributed by atoms with van der Waals surface area (Å²) in [5.41, 5.74) is 0.839. The van der Waals surface area contributed by atoms with Crippen molar-refractivity contribution in [2.45, 2.75) is 6.61 Å². The summed E-state index contributed by atoms with van der Waals surface area (Å²) in [4.78, 5) is 16.9. The molecule has 1 aromatic carbocycles. The summed E-state index contributed by atoms with van der Waals surface area (Å²) in [6, 6.07) is 11.9. The van der Waals surface area contributed by atoms with Gasteiger partial charge in [-0.05, 0) is 35.7 Å². The standard InChI is InChI=1S/C15H9N3O3S/c16-8-10-3-5-11(6-4-10)15(19)20-9-13-17-14(18-21-13)12-2-1-7-22-12/h1-7H,9H2. The second-order valence-electron chi connectivity index (χ2n) is 4.25. The molecule has 2 heterocycles. The van der Waals surface area contributed by atoms with Crippen molar-refractivity contribution >= 4 is 17.3 Å². The molecule has 108 valence electrons. The number of carbonyl (C=O) groups excluding carboxylic acids is 1. The molecule has 3 aromatic rings. The van der Waals surface area contributed by atoms with Gasteiger partial charge >= 0.3 is 5.97 Å². The van der Waals surface area contributed by atoms with E-state index >= 15 is 0 Å². The van der Waals surface area contributed by atoms with E-state index in [1.807, 2.05) is 23.6 Å². The minimum absolute atomic E-state index is 0.1000. The Morgan fingerprint density at radius 2 is 2.14 bits per heavy atom. The third kappa shape index (κ3) is 3.02. The van der Waals surface area contributed by atoms with Crippen LogP contribution in [-0.4, -0.2) is 16.1 Å². The third-order valence-corrected chi connectivity index (χ3v) is 3.65. The van der Waals surface area contributed by atoms with Crippen LogP contribution in [0.5, 0.6) is 0 Å². The summed E-state index contributed by atoms with van der Waals surface area (Å²) in [6.07, 6.45) is 0. The number of thiophene rings is 1. The minimum atomic E-state index is -0.514. The topological polar surface area (TPSA) is 89.0 Å². The minimum Gasteiger partial charge on any atom is -0.452 e. The Balaban J connectivity index is 1.62. The highest BCUT2D eigenvalue weighted by molar-refractivity contribution is 7.13. The highest BCUT2D eigenvalue weighted by atomic mass is 32.1. The first kappa shape index (κ1) is 14.0. The molecule has 0 bridgehead atoms. The molecule has 0 radical (unpaired) electrons. The average molecular weight is 311 g/mol. The molecule has 0 atom stereocenters. The van der Waals surface area contributed by atoms with Crippen molar-refractivity contribution in [3.8, 4) is 16.8 Å².